The minimum absolute atomic E-state index is 0.199. The van der Waals surface area contributed by atoms with Crippen molar-refractivity contribution in [3.8, 4) is 11.5 Å². The van der Waals surface area contributed by atoms with Crippen molar-refractivity contribution >= 4 is 28.1 Å². The number of carbonyl (C=O) groups is 1. The van der Waals surface area contributed by atoms with E-state index in [1.165, 1.54) is 6.21 Å². The highest BCUT2D eigenvalue weighted by Gasteiger charge is 2.17. The van der Waals surface area contributed by atoms with E-state index in [0.29, 0.717) is 28.6 Å². The Hall–Kier alpha value is -2.28. The van der Waals surface area contributed by atoms with Crippen molar-refractivity contribution in [1.82, 2.24) is 5.43 Å². The summed E-state index contributed by atoms with van der Waals surface area (Å²) in [6.45, 7) is 3.72. The van der Waals surface area contributed by atoms with E-state index in [0.717, 1.165) is 10.0 Å². The number of halogens is 1. The summed E-state index contributed by atoms with van der Waals surface area (Å²) in [5.74, 6) is 2.25. The fourth-order valence-corrected chi connectivity index (χ4v) is 2.72. The summed E-state index contributed by atoms with van der Waals surface area (Å²) in [7, 11) is 0. The van der Waals surface area contributed by atoms with E-state index in [1.54, 1.807) is 26.0 Å². The molecule has 0 spiro atoms. The lowest BCUT2D eigenvalue weighted by atomic mass is 10.2. The number of nitrogens with one attached hydrogen (secondary N) is 1. The number of hydrogen-bond donors (Lipinski definition) is 1. The van der Waals surface area contributed by atoms with Gasteiger partial charge in [0.05, 0.1) is 16.3 Å². The first kappa shape index (κ1) is 14.6. The number of benzene rings is 1. The number of aryl methyl sites for hydroxylation is 2. The Kier molecular flexibility index (Phi) is 3.89. The molecule has 0 saturated carbocycles. The number of rotatable bonds is 3. The van der Waals surface area contributed by atoms with Crippen LogP contribution in [-0.4, -0.2) is 18.9 Å². The summed E-state index contributed by atoms with van der Waals surface area (Å²) in [4.78, 5) is 12.0. The molecule has 2 aromatic rings. The number of furan rings is 1. The minimum atomic E-state index is -0.314. The maximum absolute atomic E-state index is 12.0. The van der Waals surface area contributed by atoms with Crippen LogP contribution in [0.5, 0.6) is 11.5 Å². The number of fused-ring (bicyclic) bond motifs is 1. The maximum atomic E-state index is 12.0. The van der Waals surface area contributed by atoms with E-state index in [4.69, 9.17) is 13.9 Å². The maximum Gasteiger partial charge on any atom is 0.274 e. The van der Waals surface area contributed by atoms with Gasteiger partial charge in [-0.25, -0.2) is 5.43 Å². The second kappa shape index (κ2) is 5.84. The van der Waals surface area contributed by atoms with Crippen LogP contribution >= 0.6 is 15.9 Å². The van der Waals surface area contributed by atoms with E-state index < -0.39 is 0 Å². The van der Waals surface area contributed by atoms with Gasteiger partial charge in [-0.2, -0.15) is 5.10 Å². The Bertz CT molecular complexity index is 767. The van der Waals surface area contributed by atoms with E-state index in [1.807, 2.05) is 6.07 Å². The fraction of sp³-hybridized carbons (Fsp3) is 0.200. The number of carbonyl (C=O) groups excluding carboxylic acids is 1. The van der Waals surface area contributed by atoms with Crippen molar-refractivity contribution < 1.29 is 18.7 Å². The Morgan fingerprint density at radius 2 is 2.14 bits per heavy atom. The third-order valence-corrected chi connectivity index (χ3v) is 3.70. The molecule has 1 aromatic heterocycles. The van der Waals surface area contributed by atoms with E-state index >= 15 is 0 Å². The van der Waals surface area contributed by atoms with Gasteiger partial charge in [0.15, 0.2) is 11.5 Å². The van der Waals surface area contributed by atoms with Gasteiger partial charge in [-0.1, -0.05) is 0 Å². The molecular weight excluding hydrogens is 352 g/mol. The quantitative estimate of drug-likeness (QED) is 0.670. The lowest BCUT2D eigenvalue weighted by Crippen LogP contribution is -2.17. The molecule has 7 heteroatoms. The van der Waals surface area contributed by atoms with Crippen molar-refractivity contribution in [3.63, 3.8) is 0 Å². The second-order valence-electron chi connectivity index (χ2n) is 4.76. The van der Waals surface area contributed by atoms with Gasteiger partial charge in [-0.3, -0.25) is 4.79 Å². The summed E-state index contributed by atoms with van der Waals surface area (Å²) in [6.07, 6.45) is 1.53. The first-order chi connectivity index (χ1) is 10.5. The van der Waals surface area contributed by atoms with Gasteiger partial charge in [0.25, 0.3) is 5.91 Å². The highest BCUT2D eigenvalue weighted by atomic mass is 79.9. The van der Waals surface area contributed by atoms with Gasteiger partial charge in [0.2, 0.25) is 6.79 Å². The third-order valence-electron chi connectivity index (χ3n) is 3.11. The van der Waals surface area contributed by atoms with E-state index in [2.05, 4.69) is 26.5 Å². The van der Waals surface area contributed by atoms with Crippen molar-refractivity contribution in [2.75, 3.05) is 6.79 Å². The summed E-state index contributed by atoms with van der Waals surface area (Å²) in [6, 6.07) is 5.30. The van der Waals surface area contributed by atoms with Gasteiger partial charge in [-0.15, -0.1) is 0 Å². The number of hydrazone groups is 1. The lowest BCUT2D eigenvalue weighted by Gasteiger charge is -2.01. The molecule has 0 atom stereocenters. The topological polar surface area (TPSA) is 73.1 Å². The molecule has 0 radical (unpaired) electrons. The molecule has 0 fully saturated rings. The van der Waals surface area contributed by atoms with E-state index in [9.17, 15) is 4.79 Å². The molecule has 0 aliphatic carbocycles. The zero-order valence-corrected chi connectivity index (χ0v) is 13.6. The largest absolute Gasteiger partial charge is 0.466 e. The average Bonchev–Trinajstić information content (AvgIpc) is 3.05. The van der Waals surface area contributed by atoms with Crippen molar-refractivity contribution in [2.45, 2.75) is 13.8 Å². The minimum Gasteiger partial charge on any atom is -0.466 e. The smallest absolute Gasteiger partial charge is 0.274 e. The van der Waals surface area contributed by atoms with Crippen LogP contribution in [0.1, 0.15) is 27.4 Å². The second-order valence-corrected chi connectivity index (χ2v) is 5.62. The van der Waals surface area contributed by atoms with Crippen LogP contribution < -0.4 is 14.9 Å². The molecule has 114 valence electrons. The SMILES string of the molecule is Cc1cc(C(=O)N/N=C\c2cc(Br)c3c(c2)OCO3)c(C)o1. The van der Waals surface area contributed by atoms with E-state index in [-0.39, 0.29) is 12.7 Å². The van der Waals surface area contributed by atoms with Crippen LogP contribution in [0.3, 0.4) is 0 Å². The van der Waals surface area contributed by atoms with Crippen LogP contribution in [0.2, 0.25) is 0 Å². The number of nitrogens with zero attached hydrogens (tertiary/aromatic N) is 1. The molecule has 2 heterocycles. The summed E-state index contributed by atoms with van der Waals surface area (Å²) in [5.41, 5.74) is 3.72. The fourth-order valence-electron chi connectivity index (χ4n) is 2.14. The van der Waals surface area contributed by atoms with Crippen LogP contribution in [0, 0.1) is 13.8 Å². The van der Waals surface area contributed by atoms with Gasteiger partial charge >= 0.3 is 0 Å². The molecule has 22 heavy (non-hydrogen) atoms. The molecule has 1 aliphatic heterocycles. The number of ether oxygens (including phenoxy) is 2. The standard InChI is InChI=1S/C15H13BrN2O4/c1-8-3-11(9(2)22-8)15(19)18-17-6-10-4-12(16)14-13(5-10)20-7-21-14/h3-6H,7H2,1-2H3,(H,18,19)/b17-6-. The van der Waals surface area contributed by atoms with Crippen LogP contribution in [0.15, 0.2) is 32.2 Å². The van der Waals surface area contributed by atoms with Crippen molar-refractivity contribution in [2.24, 2.45) is 5.10 Å². The molecule has 1 amide bonds. The number of hydrogen-bond acceptors (Lipinski definition) is 5. The van der Waals surface area contributed by atoms with Crippen molar-refractivity contribution in [3.05, 3.63) is 45.3 Å². The molecule has 1 N–H and O–H groups in total. The van der Waals surface area contributed by atoms with Crippen LogP contribution in [-0.2, 0) is 0 Å². The first-order valence-corrected chi connectivity index (χ1v) is 7.33. The molecule has 0 unspecified atom stereocenters. The first-order valence-electron chi connectivity index (χ1n) is 6.54. The molecule has 1 aliphatic rings. The monoisotopic (exact) mass is 364 g/mol. The summed E-state index contributed by atoms with van der Waals surface area (Å²) < 4.78 is 16.7. The zero-order valence-electron chi connectivity index (χ0n) is 12.0. The van der Waals surface area contributed by atoms with Crippen LogP contribution in [0.25, 0.3) is 0 Å². The molecule has 0 saturated heterocycles. The Morgan fingerprint density at radius 1 is 1.32 bits per heavy atom. The Balaban J connectivity index is 1.71. The summed E-state index contributed by atoms with van der Waals surface area (Å²) >= 11 is 3.40. The normalized spacial score (nSPS) is 12.9. The Morgan fingerprint density at radius 3 is 2.86 bits per heavy atom. The summed E-state index contributed by atoms with van der Waals surface area (Å²) in [5, 5.41) is 3.95. The van der Waals surface area contributed by atoms with Crippen molar-refractivity contribution in [1.29, 1.82) is 0 Å². The Labute approximate surface area is 135 Å². The highest BCUT2D eigenvalue weighted by Crippen LogP contribution is 2.39. The van der Waals surface area contributed by atoms with Gasteiger partial charge in [0.1, 0.15) is 11.5 Å². The van der Waals surface area contributed by atoms with Gasteiger partial charge < -0.3 is 13.9 Å². The highest BCUT2D eigenvalue weighted by molar-refractivity contribution is 9.10. The zero-order chi connectivity index (χ0) is 15.7. The van der Waals surface area contributed by atoms with Gasteiger partial charge in [0, 0.05) is 0 Å². The predicted octanol–water partition coefficient (Wildman–Crippen LogP) is 3.15. The lowest BCUT2D eigenvalue weighted by molar-refractivity contribution is 0.0953. The molecule has 1 aromatic carbocycles. The third kappa shape index (κ3) is 2.85. The average molecular weight is 365 g/mol. The number of amides is 1. The molecular formula is C15H13BrN2O4. The molecule has 0 bridgehead atoms. The van der Waals surface area contributed by atoms with Crippen LogP contribution in [0.4, 0.5) is 0 Å². The van der Waals surface area contributed by atoms with Gasteiger partial charge in [-0.05, 0) is 53.5 Å². The molecule has 6 nitrogen and oxygen atoms in total. The predicted molar refractivity (Wildman–Crippen MR) is 83.5 cm³/mol. The molecule has 3 rings (SSSR count).